The number of aliphatic hydroxyl groups is 1. The maximum Gasteiger partial charge on any atom is 0.303 e. The van der Waals surface area contributed by atoms with E-state index in [1.54, 1.807) is 0 Å². The van der Waals surface area contributed by atoms with Gasteiger partial charge in [0.1, 0.15) is 12.7 Å². The molecule has 1 aliphatic heterocycles. The number of carbonyl (C=O) groups is 4. The maximum absolute atomic E-state index is 11.3. The lowest BCUT2D eigenvalue weighted by atomic mass is 9.98. The third-order valence-electron chi connectivity index (χ3n) is 2.97. The fraction of sp³-hybridized carbons (Fsp3) is 0.714. The average molecular weight is 348 g/mol. The van der Waals surface area contributed by atoms with Crippen molar-refractivity contribution >= 4 is 23.9 Å². The molecule has 136 valence electrons. The van der Waals surface area contributed by atoms with Gasteiger partial charge in [-0.1, -0.05) is 0 Å². The summed E-state index contributed by atoms with van der Waals surface area (Å²) in [6.45, 7) is 4.09. The largest absolute Gasteiger partial charge is 0.463 e. The van der Waals surface area contributed by atoms with Crippen LogP contribution in [0.2, 0.25) is 0 Å². The molecule has 0 bridgehead atoms. The second-order valence-corrected chi connectivity index (χ2v) is 5.09. The highest BCUT2D eigenvalue weighted by Crippen LogP contribution is 2.28. The molecular formula is C14H20O10. The standard InChI is InChI=1S/C14H20O10/c1-6(15)20-5-10-11(21-7(2)16)12(22-8(3)17)13(14(19)24-10)23-9(4)18/h10-14,19H,5H2,1-4H3/t10-,11+,12+,13+,14-/m0/s1. The minimum absolute atomic E-state index is 0.366. The molecule has 10 nitrogen and oxygen atoms in total. The molecule has 0 aromatic carbocycles. The Morgan fingerprint density at radius 3 is 1.71 bits per heavy atom. The van der Waals surface area contributed by atoms with Crippen LogP contribution in [-0.4, -0.2) is 66.3 Å². The van der Waals surface area contributed by atoms with Crippen molar-refractivity contribution in [2.24, 2.45) is 0 Å². The van der Waals surface area contributed by atoms with Crippen LogP contribution in [0, 0.1) is 0 Å². The lowest BCUT2D eigenvalue weighted by molar-refractivity contribution is -0.296. The van der Waals surface area contributed by atoms with Crippen molar-refractivity contribution in [1.29, 1.82) is 0 Å². The highest BCUT2D eigenvalue weighted by atomic mass is 16.7. The smallest absolute Gasteiger partial charge is 0.303 e. The van der Waals surface area contributed by atoms with E-state index in [1.807, 2.05) is 0 Å². The van der Waals surface area contributed by atoms with Gasteiger partial charge in [-0.15, -0.1) is 0 Å². The Morgan fingerprint density at radius 1 is 0.792 bits per heavy atom. The van der Waals surface area contributed by atoms with Crippen molar-refractivity contribution in [2.75, 3.05) is 6.61 Å². The molecule has 1 heterocycles. The van der Waals surface area contributed by atoms with Crippen LogP contribution in [0.3, 0.4) is 0 Å². The van der Waals surface area contributed by atoms with Gasteiger partial charge in [-0.2, -0.15) is 0 Å². The summed E-state index contributed by atoms with van der Waals surface area (Å²) in [4.78, 5) is 44.9. The van der Waals surface area contributed by atoms with Crippen LogP contribution in [0.4, 0.5) is 0 Å². The van der Waals surface area contributed by atoms with Gasteiger partial charge in [-0.05, 0) is 0 Å². The topological polar surface area (TPSA) is 135 Å². The average Bonchev–Trinajstić information content (AvgIpc) is 2.42. The van der Waals surface area contributed by atoms with Gasteiger partial charge in [0.25, 0.3) is 0 Å². The number of carbonyl (C=O) groups excluding carboxylic acids is 4. The molecule has 0 saturated carbocycles. The summed E-state index contributed by atoms with van der Waals surface area (Å²) >= 11 is 0. The predicted molar refractivity (Wildman–Crippen MR) is 74.2 cm³/mol. The number of rotatable bonds is 5. The van der Waals surface area contributed by atoms with Crippen LogP contribution in [0.25, 0.3) is 0 Å². The summed E-state index contributed by atoms with van der Waals surface area (Å²) in [5.74, 6) is -2.87. The first kappa shape index (κ1) is 19.8. The van der Waals surface area contributed by atoms with Gasteiger partial charge >= 0.3 is 23.9 Å². The van der Waals surface area contributed by atoms with Crippen molar-refractivity contribution in [3.05, 3.63) is 0 Å². The van der Waals surface area contributed by atoms with Crippen LogP contribution >= 0.6 is 0 Å². The minimum Gasteiger partial charge on any atom is -0.463 e. The number of hydrogen-bond acceptors (Lipinski definition) is 10. The molecule has 0 aromatic heterocycles. The second-order valence-electron chi connectivity index (χ2n) is 5.09. The van der Waals surface area contributed by atoms with E-state index in [9.17, 15) is 24.3 Å². The fourth-order valence-corrected chi connectivity index (χ4v) is 2.21. The monoisotopic (exact) mass is 348 g/mol. The molecule has 0 aromatic rings. The molecule has 5 atom stereocenters. The van der Waals surface area contributed by atoms with E-state index in [0.717, 1.165) is 27.7 Å². The van der Waals surface area contributed by atoms with E-state index in [2.05, 4.69) is 0 Å². The maximum atomic E-state index is 11.3. The molecule has 0 radical (unpaired) electrons. The SMILES string of the molecule is CC(=O)OC[C@@H]1O[C@H](O)[C@H](OC(C)=O)[C@H](OC(C)=O)[C@@H]1OC(C)=O. The van der Waals surface area contributed by atoms with Gasteiger partial charge in [-0.3, -0.25) is 19.2 Å². The van der Waals surface area contributed by atoms with Gasteiger partial charge in [0.05, 0.1) is 0 Å². The zero-order chi connectivity index (χ0) is 18.4. The molecule has 1 saturated heterocycles. The quantitative estimate of drug-likeness (QED) is 0.490. The van der Waals surface area contributed by atoms with Gasteiger partial charge in [0.15, 0.2) is 24.6 Å². The highest BCUT2D eigenvalue weighted by Gasteiger charge is 2.51. The first-order chi connectivity index (χ1) is 11.1. The Kier molecular flexibility index (Phi) is 7.11. The third kappa shape index (κ3) is 5.78. The summed E-state index contributed by atoms with van der Waals surface area (Å²) in [5.41, 5.74) is 0. The highest BCUT2D eigenvalue weighted by molar-refractivity contribution is 5.68. The zero-order valence-corrected chi connectivity index (χ0v) is 13.7. The fourth-order valence-electron chi connectivity index (χ4n) is 2.21. The molecule has 1 aliphatic rings. The zero-order valence-electron chi connectivity index (χ0n) is 13.7. The third-order valence-corrected chi connectivity index (χ3v) is 2.97. The van der Waals surface area contributed by atoms with Crippen molar-refractivity contribution in [3.63, 3.8) is 0 Å². The number of hydrogen-bond donors (Lipinski definition) is 1. The Bertz CT molecular complexity index is 502. The first-order valence-corrected chi connectivity index (χ1v) is 7.10. The van der Waals surface area contributed by atoms with Crippen molar-refractivity contribution in [3.8, 4) is 0 Å². The summed E-state index contributed by atoms with van der Waals surface area (Å²) in [6.07, 6.45) is -6.79. The van der Waals surface area contributed by atoms with Gasteiger partial charge in [0, 0.05) is 27.7 Å². The van der Waals surface area contributed by atoms with Gasteiger partial charge < -0.3 is 28.8 Å². The lowest BCUT2D eigenvalue weighted by Crippen LogP contribution is -2.62. The molecular weight excluding hydrogens is 328 g/mol. The van der Waals surface area contributed by atoms with E-state index >= 15 is 0 Å². The summed E-state index contributed by atoms with van der Waals surface area (Å²) in [6, 6.07) is 0. The molecule has 0 unspecified atom stereocenters. The summed E-state index contributed by atoms with van der Waals surface area (Å²) < 4.78 is 25.0. The van der Waals surface area contributed by atoms with Crippen molar-refractivity contribution in [1.82, 2.24) is 0 Å². The Hall–Kier alpha value is -2.20. The first-order valence-electron chi connectivity index (χ1n) is 7.10. The molecule has 10 heteroatoms. The molecule has 0 amide bonds. The number of aliphatic hydroxyl groups excluding tert-OH is 1. The van der Waals surface area contributed by atoms with E-state index < -0.39 is 54.6 Å². The van der Waals surface area contributed by atoms with E-state index in [1.165, 1.54) is 0 Å². The van der Waals surface area contributed by atoms with Crippen LogP contribution in [0.1, 0.15) is 27.7 Å². The molecule has 24 heavy (non-hydrogen) atoms. The van der Waals surface area contributed by atoms with Crippen LogP contribution in [0.5, 0.6) is 0 Å². The molecule has 1 rings (SSSR count). The van der Waals surface area contributed by atoms with Gasteiger partial charge in [0.2, 0.25) is 0 Å². The van der Waals surface area contributed by atoms with Crippen molar-refractivity contribution in [2.45, 2.75) is 58.4 Å². The minimum atomic E-state index is -1.68. The van der Waals surface area contributed by atoms with Crippen LogP contribution in [0.15, 0.2) is 0 Å². The van der Waals surface area contributed by atoms with E-state index in [4.69, 9.17) is 23.7 Å². The molecule has 0 spiro atoms. The Balaban J connectivity index is 3.11. The molecule has 1 N–H and O–H groups in total. The summed E-state index contributed by atoms with van der Waals surface area (Å²) in [5, 5.41) is 10.0. The van der Waals surface area contributed by atoms with Crippen molar-refractivity contribution < 1.29 is 48.0 Å². The van der Waals surface area contributed by atoms with E-state index in [0.29, 0.717) is 0 Å². The number of ether oxygens (including phenoxy) is 5. The second kappa shape index (κ2) is 8.60. The number of esters is 4. The Morgan fingerprint density at radius 2 is 1.25 bits per heavy atom. The van der Waals surface area contributed by atoms with Crippen LogP contribution in [-0.2, 0) is 42.9 Å². The van der Waals surface area contributed by atoms with Gasteiger partial charge in [-0.25, -0.2) is 0 Å². The van der Waals surface area contributed by atoms with Crippen LogP contribution < -0.4 is 0 Å². The summed E-state index contributed by atoms with van der Waals surface area (Å²) in [7, 11) is 0. The van der Waals surface area contributed by atoms with E-state index in [-0.39, 0.29) is 6.61 Å². The molecule has 0 aliphatic carbocycles. The lowest BCUT2D eigenvalue weighted by Gasteiger charge is -2.42. The predicted octanol–water partition coefficient (Wildman–Crippen LogP) is -0.938. The molecule has 1 fully saturated rings. The Labute approximate surface area is 137 Å². The normalized spacial score (nSPS) is 29.3.